The number of nitrogens with zero attached hydrogens (tertiary/aromatic N) is 1. The van der Waals surface area contributed by atoms with E-state index in [1.54, 1.807) is 6.92 Å². The largest absolute Gasteiger partial charge is 0.448 e. The summed E-state index contributed by atoms with van der Waals surface area (Å²) in [5.74, 6) is -0.0998. The second-order valence-corrected chi connectivity index (χ2v) is 7.45. The normalized spacial score (nSPS) is 13.4. The molecule has 1 atom stereocenters. The quantitative estimate of drug-likeness (QED) is 0.741. The topological polar surface area (TPSA) is 106 Å². The lowest BCUT2D eigenvalue weighted by Gasteiger charge is -2.15. The minimum atomic E-state index is -3.70. The van der Waals surface area contributed by atoms with Gasteiger partial charge in [-0.3, -0.25) is 4.79 Å². The van der Waals surface area contributed by atoms with Crippen LogP contribution in [0.3, 0.4) is 0 Å². The summed E-state index contributed by atoms with van der Waals surface area (Å²) in [6, 6.07) is 1.13. The minimum absolute atomic E-state index is 0.129. The highest BCUT2D eigenvalue weighted by Crippen LogP contribution is 2.21. The summed E-state index contributed by atoms with van der Waals surface area (Å²) in [6.45, 7) is 3.96. The highest BCUT2D eigenvalue weighted by molar-refractivity contribution is 7.88. The zero-order valence-corrected chi connectivity index (χ0v) is 14.4. The molecule has 3 N–H and O–H groups in total. The Morgan fingerprint density at radius 1 is 1.45 bits per heavy atom. The molecule has 0 aliphatic carbocycles. The SMILES string of the molecule is CCCCC(CN)NC(=O)c1cc(S(=O)(=O)N(C)C)oc1C. The van der Waals surface area contributed by atoms with Crippen molar-refractivity contribution in [3.63, 3.8) is 0 Å². The van der Waals surface area contributed by atoms with Crippen molar-refractivity contribution >= 4 is 15.9 Å². The molecule has 0 saturated carbocycles. The van der Waals surface area contributed by atoms with Gasteiger partial charge in [0.15, 0.2) is 0 Å². The smallest absolute Gasteiger partial charge is 0.275 e. The molecule has 8 heteroatoms. The monoisotopic (exact) mass is 331 g/mol. The van der Waals surface area contributed by atoms with Crippen LogP contribution in [0.15, 0.2) is 15.6 Å². The fourth-order valence-corrected chi connectivity index (χ4v) is 2.81. The van der Waals surface area contributed by atoms with Gasteiger partial charge in [-0.15, -0.1) is 0 Å². The molecule has 0 fully saturated rings. The van der Waals surface area contributed by atoms with Crippen LogP contribution in [0, 0.1) is 6.92 Å². The number of hydrogen-bond acceptors (Lipinski definition) is 5. The molecule has 1 aromatic rings. The Hall–Kier alpha value is -1.38. The summed E-state index contributed by atoms with van der Waals surface area (Å²) in [5.41, 5.74) is 5.87. The Labute approximate surface area is 131 Å². The minimum Gasteiger partial charge on any atom is -0.448 e. The van der Waals surface area contributed by atoms with Gasteiger partial charge in [0.05, 0.1) is 5.56 Å². The van der Waals surface area contributed by atoms with E-state index in [0.29, 0.717) is 6.54 Å². The van der Waals surface area contributed by atoms with E-state index < -0.39 is 10.0 Å². The predicted octanol–water partition coefficient (Wildman–Crippen LogP) is 1.09. The van der Waals surface area contributed by atoms with Crippen molar-refractivity contribution in [2.45, 2.75) is 44.2 Å². The van der Waals surface area contributed by atoms with Gasteiger partial charge >= 0.3 is 0 Å². The third-order valence-corrected chi connectivity index (χ3v) is 5.07. The fourth-order valence-electron chi connectivity index (χ4n) is 1.95. The lowest BCUT2D eigenvalue weighted by atomic mass is 10.1. The van der Waals surface area contributed by atoms with Crippen molar-refractivity contribution < 1.29 is 17.6 Å². The lowest BCUT2D eigenvalue weighted by molar-refractivity contribution is 0.0934. The van der Waals surface area contributed by atoms with Crippen LogP contribution in [0.5, 0.6) is 0 Å². The molecule has 1 rings (SSSR count). The molecule has 0 radical (unpaired) electrons. The van der Waals surface area contributed by atoms with E-state index in [-0.39, 0.29) is 28.4 Å². The Kier molecular flexibility index (Phi) is 6.58. The molecular formula is C14H25N3O4S. The first-order valence-electron chi connectivity index (χ1n) is 7.27. The van der Waals surface area contributed by atoms with E-state index in [9.17, 15) is 13.2 Å². The van der Waals surface area contributed by atoms with Crippen molar-refractivity contribution in [1.82, 2.24) is 9.62 Å². The lowest BCUT2D eigenvalue weighted by Crippen LogP contribution is -2.40. The number of nitrogens with one attached hydrogen (secondary N) is 1. The third kappa shape index (κ3) is 4.31. The molecule has 0 aliphatic heterocycles. The maximum atomic E-state index is 12.3. The number of sulfonamides is 1. The van der Waals surface area contributed by atoms with Gasteiger partial charge in [-0.25, -0.2) is 12.7 Å². The number of rotatable bonds is 8. The molecule has 22 heavy (non-hydrogen) atoms. The highest BCUT2D eigenvalue weighted by atomic mass is 32.2. The Morgan fingerprint density at radius 2 is 2.09 bits per heavy atom. The van der Waals surface area contributed by atoms with Crippen LogP contribution in [0.1, 0.15) is 42.3 Å². The molecule has 0 aromatic carbocycles. The molecule has 0 spiro atoms. The van der Waals surface area contributed by atoms with Crippen LogP contribution in [0.4, 0.5) is 0 Å². The Morgan fingerprint density at radius 3 is 2.59 bits per heavy atom. The number of amides is 1. The molecule has 7 nitrogen and oxygen atoms in total. The zero-order valence-electron chi connectivity index (χ0n) is 13.5. The zero-order chi connectivity index (χ0) is 16.9. The van der Waals surface area contributed by atoms with Gasteiger partial charge in [0.2, 0.25) is 5.09 Å². The summed E-state index contributed by atoms with van der Waals surface area (Å²) in [5, 5.41) is 2.58. The number of nitrogens with two attached hydrogens (primary N) is 1. The standard InChI is InChI=1S/C14H25N3O4S/c1-5-6-7-11(9-15)16-14(18)12-8-13(21-10(12)2)22(19,20)17(3)4/h8,11H,5-7,9,15H2,1-4H3,(H,16,18). The maximum Gasteiger partial charge on any atom is 0.275 e. The van der Waals surface area contributed by atoms with Crippen LogP contribution in [-0.2, 0) is 10.0 Å². The van der Waals surface area contributed by atoms with Crippen LogP contribution >= 0.6 is 0 Å². The van der Waals surface area contributed by atoms with E-state index in [1.165, 1.54) is 20.2 Å². The Bertz CT molecular complexity index is 608. The summed E-state index contributed by atoms with van der Waals surface area (Å²) in [4.78, 5) is 12.3. The second kappa shape index (κ2) is 7.75. The van der Waals surface area contributed by atoms with E-state index in [2.05, 4.69) is 12.2 Å². The molecule has 1 unspecified atom stereocenters. The van der Waals surface area contributed by atoms with Crippen molar-refractivity contribution in [2.24, 2.45) is 5.73 Å². The maximum absolute atomic E-state index is 12.3. The van der Waals surface area contributed by atoms with Crippen LogP contribution < -0.4 is 11.1 Å². The van der Waals surface area contributed by atoms with Gasteiger partial charge in [0, 0.05) is 32.7 Å². The molecule has 0 saturated heterocycles. The van der Waals surface area contributed by atoms with Crippen molar-refractivity contribution in [3.8, 4) is 0 Å². The fraction of sp³-hybridized carbons (Fsp3) is 0.643. The van der Waals surface area contributed by atoms with Gasteiger partial charge < -0.3 is 15.5 Å². The summed E-state index contributed by atoms with van der Waals surface area (Å²) < 4.78 is 30.3. The van der Waals surface area contributed by atoms with Crippen LogP contribution in [-0.4, -0.2) is 45.3 Å². The van der Waals surface area contributed by atoms with Crippen molar-refractivity contribution in [2.75, 3.05) is 20.6 Å². The first-order valence-corrected chi connectivity index (χ1v) is 8.71. The number of carbonyl (C=O) groups excluding carboxylic acids is 1. The van der Waals surface area contributed by atoms with Crippen molar-refractivity contribution in [1.29, 1.82) is 0 Å². The van der Waals surface area contributed by atoms with Gasteiger partial charge in [-0.05, 0) is 13.3 Å². The molecule has 1 aromatic heterocycles. The molecule has 1 amide bonds. The first-order chi connectivity index (χ1) is 10.2. The van der Waals surface area contributed by atoms with Gasteiger partial charge in [0.25, 0.3) is 15.9 Å². The third-order valence-electron chi connectivity index (χ3n) is 3.40. The predicted molar refractivity (Wildman–Crippen MR) is 84.2 cm³/mol. The van der Waals surface area contributed by atoms with Crippen molar-refractivity contribution in [3.05, 3.63) is 17.4 Å². The second-order valence-electron chi connectivity index (χ2n) is 5.37. The summed E-state index contributed by atoms with van der Waals surface area (Å²) >= 11 is 0. The van der Waals surface area contributed by atoms with E-state index in [0.717, 1.165) is 23.6 Å². The van der Waals surface area contributed by atoms with Crippen LogP contribution in [0.2, 0.25) is 0 Å². The molecule has 0 aliphatic rings. The first kappa shape index (κ1) is 18.7. The van der Waals surface area contributed by atoms with Gasteiger partial charge in [0.1, 0.15) is 5.76 Å². The molecule has 126 valence electrons. The number of hydrogen-bond donors (Lipinski definition) is 2. The summed E-state index contributed by atoms with van der Waals surface area (Å²) in [7, 11) is -0.889. The van der Waals surface area contributed by atoms with Crippen LogP contribution in [0.25, 0.3) is 0 Å². The van der Waals surface area contributed by atoms with Gasteiger partial charge in [-0.2, -0.15) is 0 Å². The summed E-state index contributed by atoms with van der Waals surface area (Å²) in [6.07, 6.45) is 2.77. The molecule has 0 bridgehead atoms. The number of aryl methyl sites for hydroxylation is 1. The average Bonchev–Trinajstić information content (AvgIpc) is 2.85. The van der Waals surface area contributed by atoms with Gasteiger partial charge in [-0.1, -0.05) is 19.8 Å². The average molecular weight is 331 g/mol. The number of carbonyl (C=O) groups is 1. The van der Waals surface area contributed by atoms with E-state index in [4.69, 9.17) is 10.2 Å². The highest BCUT2D eigenvalue weighted by Gasteiger charge is 2.26. The van der Waals surface area contributed by atoms with E-state index in [1.807, 2.05) is 0 Å². The van der Waals surface area contributed by atoms with E-state index >= 15 is 0 Å². The Balaban J connectivity index is 2.94. The molecular weight excluding hydrogens is 306 g/mol. The molecule has 1 heterocycles. The number of furan rings is 1. The number of unbranched alkanes of at least 4 members (excludes halogenated alkanes) is 1.